The Hall–Kier alpha value is 0.270. The van der Waals surface area contributed by atoms with Crippen LogP contribution >= 0.6 is 12.6 Å². The maximum absolute atomic E-state index is 4.58. The van der Waals surface area contributed by atoms with E-state index in [1.165, 1.54) is 45.4 Å². The van der Waals surface area contributed by atoms with Crippen LogP contribution in [0.25, 0.3) is 0 Å². The lowest BCUT2D eigenvalue weighted by Crippen LogP contribution is -2.53. The highest BCUT2D eigenvalue weighted by Gasteiger charge is 2.35. The zero-order valence-electron chi connectivity index (χ0n) is 13.2. The molecule has 0 aromatic heterocycles. The summed E-state index contributed by atoms with van der Waals surface area (Å²) in [6.45, 7) is 12.2. The summed E-state index contributed by atoms with van der Waals surface area (Å²) in [6, 6.07) is 0.856. The molecule has 2 aliphatic rings. The number of hydrogen-bond acceptors (Lipinski definition) is 3. The van der Waals surface area contributed by atoms with Gasteiger partial charge in [-0.25, -0.2) is 0 Å². The van der Waals surface area contributed by atoms with Gasteiger partial charge in [0.15, 0.2) is 0 Å². The molecule has 0 amide bonds. The van der Waals surface area contributed by atoms with Gasteiger partial charge >= 0.3 is 0 Å². The number of thiol groups is 1. The van der Waals surface area contributed by atoms with Crippen LogP contribution < -0.4 is 0 Å². The fourth-order valence-electron chi connectivity index (χ4n) is 3.81. The van der Waals surface area contributed by atoms with Gasteiger partial charge < -0.3 is 9.80 Å². The number of fused-ring (bicyclic) bond motifs is 1. The Balaban J connectivity index is 1.90. The van der Waals surface area contributed by atoms with Gasteiger partial charge in [0.25, 0.3) is 0 Å². The largest absolute Gasteiger partial charge is 0.303 e. The highest BCUT2D eigenvalue weighted by atomic mass is 32.1. The third-order valence-corrected chi connectivity index (χ3v) is 5.79. The van der Waals surface area contributed by atoms with E-state index in [4.69, 9.17) is 0 Å². The highest BCUT2D eigenvalue weighted by molar-refractivity contribution is 7.80. The Morgan fingerprint density at radius 1 is 1.21 bits per heavy atom. The molecule has 0 aliphatic carbocycles. The van der Waals surface area contributed by atoms with Crippen molar-refractivity contribution in [3.05, 3.63) is 0 Å². The van der Waals surface area contributed by atoms with Gasteiger partial charge in [-0.05, 0) is 62.4 Å². The van der Waals surface area contributed by atoms with Crippen LogP contribution in [0, 0.1) is 17.3 Å². The maximum atomic E-state index is 4.58. The standard InChI is InChI=1S/C16H32N2S/c1-16(2,3)14(12-19)11-18-9-7-15-13(10-18)6-5-8-17(15)4/h13-15,19H,5-12H2,1-4H3. The maximum Gasteiger partial charge on any atom is 0.0145 e. The molecule has 2 rings (SSSR count). The van der Waals surface area contributed by atoms with Crippen molar-refractivity contribution in [2.24, 2.45) is 17.3 Å². The monoisotopic (exact) mass is 284 g/mol. The Kier molecular flexibility index (Phi) is 5.24. The van der Waals surface area contributed by atoms with Gasteiger partial charge in [-0.15, -0.1) is 0 Å². The number of hydrogen-bond donors (Lipinski definition) is 1. The first-order valence-corrected chi connectivity index (χ1v) is 8.58. The van der Waals surface area contributed by atoms with Crippen LogP contribution in [0.5, 0.6) is 0 Å². The summed E-state index contributed by atoms with van der Waals surface area (Å²) >= 11 is 4.58. The van der Waals surface area contributed by atoms with Crippen LogP contribution in [0.2, 0.25) is 0 Å². The van der Waals surface area contributed by atoms with Crippen molar-refractivity contribution in [1.29, 1.82) is 0 Å². The molecule has 2 aliphatic heterocycles. The first-order valence-electron chi connectivity index (χ1n) is 7.95. The molecule has 2 heterocycles. The second-order valence-electron chi connectivity index (χ2n) is 7.74. The summed E-state index contributed by atoms with van der Waals surface area (Å²) < 4.78 is 0. The molecule has 0 N–H and O–H groups in total. The minimum atomic E-state index is 0.377. The second kappa shape index (κ2) is 6.36. The average molecular weight is 285 g/mol. The van der Waals surface area contributed by atoms with Crippen LogP contribution in [0.15, 0.2) is 0 Å². The molecule has 112 valence electrons. The van der Waals surface area contributed by atoms with Gasteiger partial charge in [0.1, 0.15) is 0 Å². The van der Waals surface area contributed by atoms with Gasteiger partial charge in [-0.3, -0.25) is 0 Å². The van der Waals surface area contributed by atoms with Gasteiger partial charge in [-0.1, -0.05) is 20.8 Å². The normalized spacial score (nSPS) is 32.1. The van der Waals surface area contributed by atoms with E-state index in [2.05, 4.69) is 50.2 Å². The molecule has 3 atom stereocenters. The van der Waals surface area contributed by atoms with Crippen LogP contribution in [-0.2, 0) is 0 Å². The predicted octanol–water partition coefficient (Wildman–Crippen LogP) is 2.99. The lowest BCUT2D eigenvalue weighted by molar-refractivity contribution is 0.0258. The molecular formula is C16H32N2S. The molecule has 0 saturated carbocycles. The van der Waals surface area contributed by atoms with E-state index in [-0.39, 0.29) is 0 Å². The Labute approximate surface area is 125 Å². The van der Waals surface area contributed by atoms with E-state index in [0.717, 1.165) is 17.7 Å². The van der Waals surface area contributed by atoms with Gasteiger partial charge in [0.05, 0.1) is 0 Å². The number of rotatable bonds is 3. The van der Waals surface area contributed by atoms with E-state index < -0.39 is 0 Å². The first-order chi connectivity index (χ1) is 8.91. The molecule has 19 heavy (non-hydrogen) atoms. The third kappa shape index (κ3) is 3.89. The summed E-state index contributed by atoms with van der Waals surface area (Å²) in [6.07, 6.45) is 4.19. The van der Waals surface area contributed by atoms with Crippen molar-refractivity contribution in [3.8, 4) is 0 Å². The molecule has 3 unspecified atom stereocenters. The molecular weight excluding hydrogens is 252 g/mol. The van der Waals surface area contributed by atoms with E-state index in [1.54, 1.807) is 0 Å². The number of likely N-dealkylation sites (tertiary alicyclic amines) is 2. The van der Waals surface area contributed by atoms with E-state index in [0.29, 0.717) is 11.3 Å². The van der Waals surface area contributed by atoms with Crippen molar-refractivity contribution in [3.63, 3.8) is 0 Å². The molecule has 3 heteroatoms. The Morgan fingerprint density at radius 3 is 2.58 bits per heavy atom. The fourth-order valence-corrected chi connectivity index (χ4v) is 4.47. The molecule has 2 saturated heterocycles. The number of piperidine rings is 2. The summed E-state index contributed by atoms with van der Waals surface area (Å²) in [5.41, 5.74) is 0.377. The zero-order valence-corrected chi connectivity index (χ0v) is 14.1. The summed E-state index contributed by atoms with van der Waals surface area (Å²) in [5.74, 6) is 2.62. The minimum absolute atomic E-state index is 0.377. The highest BCUT2D eigenvalue weighted by Crippen LogP contribution is 2.32. The molecule has 0 spiro atoms. The van der Waals surface area contributed by atoms with Crippen LogP contribution in [0.3, 0.4) is 0 Å². The van der Waals surface area contributed by atoms with Crippen molar-refractivity contribution in [2.45, 2.75) is 46.1 Å². The lowest BCUT2D eigenvalue weighted by atomic mass is 9.80. The predicted molar refractivity (Wildman–Crippen MR) is 87.0 cm³/mol. The zero-order chi connectivity index (χ0) is 14.0. The van der Waals surface area contributed by atoms with Crippen molar-refractivity contribution >= 4 is 12.6 Å². The molecule has 0 aromatic carbocycles. The summed E-state index contributed by atoms with van der Waals surface area (Å²) in [4.78, 5) is 5.32. The Morgan fingerprint density at radius 2 is 1.95 bits per heavy atom. The summed E-state index contributed by atoms with van der Waals surface area (Å²) in [5, 5.41) is 0. The van der Waals surface area contributed by atoms with Gasteiger partial charge in [-0.2, -0.15) is 12.6 Å². The minimum Gasteiger partial charge on any atom is -0.303 e. The van der Waals surface area contributed by atoms with Crippen LogP contribution in [-0.4, -0.2) is 54.8 Å². The molecule has 0 radical (unpaired) electrons. The molecule has 2 fully saturated rings. The Bertz CT molecular complexity index is 287. The van der Waals surface area contributed by atoms with Gasteiger partial charge in [0, 0.05) is 19.1 Å². The van der Waals surface area contributed by atoms with Crippen molar-refractivity contribution in [2.75, 3.05) is 39.0 Å². The van der Waals surface area contributed by atoms with E-state index in [9.17, 15) is 0 Å². The topological polar surface area (TPSA) is 6.48 Å². The lowest BCUT2D eigenvalue weighted by Gasteiger charge is -2.47. The van der Waals surface area contributed by atoms with E-state index in [1.807, 2.05) is 0 Å². The third-order valence-electron chi connectivity index (χ3n) is 5.35. The first kappa shape index (κ1) is 15.7. The SMILES string of the molecule is CN1CCCC2CN(CC(CS)C(C)(C)C)CCC21. The average Bonchev–Trinajstić information content (AvgIpc) is 2.34. The van der Waals surface area contributed by atoms with Crippen LogP contribution in [0.4, 0.5) is 0 Å². The fraction of sp³-hybridized carbons (Fsp3) is 1.00. The van der Waals surface area contributed by atoms with Crippen molar-refractivity contribution in [1.82, 2.24) is 9.80 Å². The second-order valence-corrected chi connectivity index (χ2v) is 8.11. The molecule has 0 bridgehead atoms. The smallest absolute Gasteiger partial charge is 0.0145 e. The quantitative estimate of drug-likeness (QED) is 0.796. The van der Waals surface area contributed by atoms with Crippen molar-refractivity contribution < 1.29 is 0 Å². The van der Waals surface area contributed by atoms with Crippen LogP contribution in [0.1, 0.15) is 40.0 Å². The van der Waals surface area contributed by atoms with Gasteiger partial charge in [0.2, 0.25) is 0 Å². The summed E-state index contributed by atoms with van der Waals surface area (Å²) in [7, 11) is 2.32. The number of nitrogens with zero attached hydrogens (tertiary/aromatic N) is 2. The van der Waals surface area contributed by atoms with E-state index >= 15 is 0 Å². The molecule has 0 aromatic rings. The molecule has 2 nitrogen and oxygen atoms in total.